The highest BCUT2D eigenvalue weighted by Crippen LogP contribution is 2.66. The monoisotopic (exact) mass is 532 g/mol. The van der Waals surface area contributed by atoms with Gasteiger partial charge in [0.2, 0.25) is 0 Å². The van der Waals surface area contributed by atoms with Crippen LogP contribution in [-0.4, -0.2) is 80.2 Å². The topological polar surface area (TPSA) is 143 Å². The summed E-state index contributed by atoms with van der Waals surface area (Å²) in [5.41, 5.74) is -2.37. The number of carbonyl (C=O) groups excluding carboxylic acids is 2. The summed E-state index contributed by atoms with van der Waals surface area (Å²) in [5, 5.41) is 45.3. The standard InChI is InChI=1S/C29H40O9/c1-14-9-18(36-25(14)34)24(33)15(2)16-10-21(31)27(4)17(16)7-8-28(35)12-29-19(5-6-20(27)28)26(3,13-30)37-22(29)11-23(32)38-29/h7,9,15-16,18-22,24,30-31,33,35H,5-6,8,10-13H2,1-4H3/t15-,16+,18-,19-,20-,21-,22+,24-,26+,27-,28-,29+/m0/s1. The maximum Gasteiger partial charge on any atom is 0.334 e. The van der Waals surface area contributed by atoms with Gasteiger partial charge in [-0.05, 0) is 63.4 Å². The lowest BCUT2D eigenvalue weighted by Crippen LogP contribution is -2.56. The molecule has 0 amide bonds. The molecule has 0 bridgehead atoms. The van der Waals surface area contributed by atoms with Gasteiger partial charge < -0.3 is 34.6 Å². The van der Waals surface area contributed by atoms with Crippen molar-refractivity contribution in [3.05, 3.63) is 23.3 Å². The number of aliphatic hydroxyl groups is 4. The molecule has 0 aromatic carbocycles. The van der Waals surface area contributed by atoms with Gasteiger partial charge in [-0.25, -0.2) is 4.79 Å². The van der Waals surface area contributed by atoms with Gasteiger partial charge in [-0.3, -0.25) is 4.79 Å². The first-order valence-corrected chi connectivity index (χ1v) is 14.0. The summed E-state index contributed by atoms with van der Waals surface area (Å²) in [7, 11) is 0. The molecule has 0 aromatic rings. The van der Waals surface area contributed by atoms with Crippen LogP contribution >= 0.6 is 0 Å². The van der Waals surface area contributed by atoms with Gasteiger partial charge in [0, 0.05) is 23.3 Å². The lowest BCUT2D eigenvalue weighted by Gasteiger charge is -2.51. The first-order valence-electron chi connectivity index (χ1n) is 14.0. The molecule has 0 radical (unpaired) electrons. The SMILES string of the molecule is CC1=C[C@@H]([C@@H](O)[C@@H](C)[C@H]2C[C@H](O)[C@@]3(C)C2=CC[C@]2(O)C[C@]45OC(=O)C[C@H]4O[C@](C)(CO)[C@@H]5CC[C@H]23)OC1=O. The maximum atomic E-state index is 12.5. The molecule has 4 N–H and O–H groups in total. The van der Waals surface area contributed by atoms with Crippen LogP contribution in [0.5, 0.6) is 0 Å². The third-order valence-corrected chi connectivity index (χ3v) is 11.3. The number of esters is 2. The summed E-state index contributed by atoms with van der Waals surface area (Å²) in [4.78, 5) is 24.4. The molecule has 2 saturated carbocycles. The molecule has 0 aromatic heterocycles. The average Bonchev–Trinajstić information content (AvgIpc) is 3.46. The van der Waals surface area contributed by atoms with Crippen molar-refractivity contribution in [1.29, 1.82) is 0 Å². The van der Waals surface area contributed by atoms with E-state index < -0.39 is 52.6 Å². The summed E-state index contributed by atoms with van der Waals surface area (Å²) in [6.45, 7) is 7.24. The lowest BCUT2D eigenvalue weighted by molar-refractivity contribution is -0.165. The van der Waals surface area contributed by atoms with Crippen molar-refractivity contribution in [3.8, 4) is 0 Å². The highest BCUT2D eigenvalue weighted by atomic mass is 16.6. The van der Waals surface area contributed by atoms with Crippen molar-refractivity contribution in [2.45, 2.75) is 107 Å². The number of ether oxygens (including phenoxy) is 3. The highest BCUT2D eigenvalue weighted by molar-refractivity contribution is 5.90. The van der Waals surface area contributed by atoms with Gasteiger partial charge in [0.05, 0.1) is 36.4 Å². The Morgan fingerprint density at radius 3 is 2.55 bits per heavy atom. The van der Waals surface area contributed by atoms with E-state index >= 15 is 0 Å². The van der Waals surface area contributed by atoms with Gasteiger partial charge in [-0.15, -0.1) is 0 Å². The maximum absolute atomic E-state index is 12.5. The third-order valence-electron chi connectivity index (χ3n) is 11.3. The van der Waals surface area contributed by atoms with E-state index in [2.05, 4.69) is 0 Å². The Morgan fingerprint density at radius 2 is 1.89 bits per heavy atom. The minimum absolute atomic E-state index is 0.102. The van der Waals surface area contributed by atoms with Crippen LogP contribution < -0.4 is 0 Å². The Morgan fingerprint density at radius 1 is 1.18 bits per heavy atom. The minimum atomic E-state index is -1.24. The van der Waals surface area contributed by atoms with Crippen LogP contribution in [0.4, 0.5) is 0 Å². The van der Waals surface area contributed by atoms with Crippen LogP contribution in [0.15, 0.2) is 23.3 Å². The zero-order valence-electron chi connectivity index (χ0n) is 22.6. The van der Waals surface area contributed by atoms with Crippen LogP contribution in [0.1, 0.15) is 66.2 Å². The van der Waals surface area contributed by atoms with Gasteiger partial charge >= 0.3 is 11.9 Å². The fourth-order valence-corrected chi connectivity index (χ4v) is 9.31. The van der Waals surface area contributed by atoms with E-state index in [-0.39, 0.29) is 49.1 Å². The molecule has 9 heteroatoms. The fraction of sp³-hybridized carbons (Fsp3) is 0.793. The Balaban J connectivity index is 1.34. The van der Waals surface area contributed by atoms with Gasteiger partial charge in [-0.2, -0.15) is 0 Å². The number of rotatable bonds is 4. The molecule has 38 heavy (non-hydrogen) atoms. The normalized spacial score (nSPS) is 51.1. The second-order valence-corrected chi connectivity index (χ2v) is 13.2. The van der Waals surface area contributed by atoms with E-state index in [1.54, 1.807) is 13.0 Å². The summed E-state index contributed by atoms with van der Waals surface area (Å²) in [6, 6.07) is 0. The average molecular weight is 533 g/mol. The Bertz CT molecular complexity index is 1120. The van der Waals surface area contributed by atoms with Crippen molar-refractivity contribution >= 4 is 11.9 Å². The molecule has 1 spiro atoms. The van der Waals surface area contributed by atoms with Gasteiger partial charge in [0.1, 0.15) is 17.8 Å². The molecular weight excluding hydrogens is 492 g/mol. The lowest BCUT2D eigenvalue weighted by atomic mass is 9.56. The van der Waals surface area contributed by atoms with Crippen molar-refractivity contribution in [3.63, 3.8) is 0 Å². The Hall–Kier alpha value is -1.78. The molecule has 4 fully saturated rings. The number of hydrogen-bond acceptors (Lipinski definition) is 9. The highest BCUT2D eigenvalue weighted by Gasteiger charge is 2.72. The third kappa shape index (κ3) is 3.35. The first-order chi connectivity index (χ1) is 17.8. The van der Waals surface area contributed by atoms with E-state index in [9.17, 15) is 30.0 Å². The zero-order valence-corrected chi connectivity index (χ0v) is 22.6. The largest absolute Gasteiger partial charge is 0.456 e. The molecular formula is C29H40O9. The van der Waals surface area contributed by atoms with Crippen molar-refractivity contribution in [2.24, 2.45) is 29.1 Å². The van der Waals surface area contributed by atoms with Crippen LogP contribution in [0.25, 0.3) is 0 Å². The number of fused-ring (bicyclic) bond motifs is 3. The quantitative estimate of drug-likeness (QED) is 0.313. The smallest absolute Gasteiger partial charge is 0.334 e. The van der Waals surface area contributed by atoms with Crippen molar-refractivity contribution < 1.29 is 44.2 Å². The predicted octanol–water partition coefficient (Wildman–Crippen LogP) is 1.56. The van der Waals surface area contributed by atoms with Crippen molar-refractivity contribution in [1.82, 2.24) is 0 Å². The summed E-state index contributed by atoms with van der Waals surface area (Å²) in [6.07, 6.45) is 2.97. The van der Waals surface area contributed by atoms with Crippen LogP contribution in [0, 0.1) is 29.1 Å². The molecule has 9 nitrogen and oxygen atoms in total. The van der Waals surface area contributed by atoms with E-state index in [0.29, 0.717) is 31.3 Å². The van der Waals surface area contributed by atoms with Crippen molar-refractivity contribution in [2.75, 3.05) is 6.61 Å². The summed E-state index contributed by atoms with van der Waals surface area (Å²) >= 11 is 0. The number of carbonyl (C=O) groups is 2. The van der Waals surface area contributed by atoms with Crippen LogP contribution in [0.3, 0.4) is 0 Å². The van der Waals surface area contributed by atoms with Gasteiger partial charge in [0.25, 0.3) is 0 Å². The van der Waals surface area contributed by atoms with E-state index in [1.165, 1.54) is 0 Å². The fourth-order valence-electron chi connectivity index (χ4n) is 9.31. The zero-order chi connectivity index (χ0) is 27.4. The molecule has 12 atom stereocenters. The first kappa shape index (κ1) is 26.4. The number of aliphatic hydroxyl groups excluding tert-OH is 3. The second kappa shape index (κ2) is 8.36. The number of cyclic esters (lactones) is 1. The van der Waals surface area contributed by atoms with Crippen LogP contribution in [0.2, 0.25) is 0 Å². The van der Waals surface area contributed by atoms with E-state index in [0.717, 1.165) is 5.57 Å². The Kier molecular flexibility index (Phi) is 5.82. The van der Waals surface area contributed by atoms with E-state index in [4.69, 9.17) is 14.2 Å². The summed E-state index contributed by atoms with van der Waals surface area (Å²) < 4.78 is 17.6. The van der Waals surface area contributed by atoms with Gasteiger partial charge in [0.15, 0.2) is 0 Å². The molecule has 3 heterocycles. The molecule has 3 aliphatic carbocycles. The molecule has 0 unspecified atom stereocenters. The number of hydrogen-bond donors (Lipinski definition) is 4. The Labute approximate surface area is 222 Å². The van der Waals surface area contributed by atoms with E-state index in [1.807, 2.05) is 26.8 Å². The molecule has 3 aliphatic heterocycles. The minimum Gasteiger partial charge on any atom is -0.456 e. The van der Waals surface area contributed by atoms with Crippen LogP contribution in [-0.2, 0) is 23.8 Å². The van der Waals surface area contributed by atoms with Gasteiger partial charge in [-0.1, -0.05) is 25.5 Å². The molecule has 6 aliphatic rings. The molecule has 6 rings (SSSR count). The summed E-state index contributed by atoms with van der Waals surface area (Å²) in [5.74, 6) is -1.80. The molecule has 210 valence electrons. The second-order valence-electron chi connectivity index (χ2n) is 13.2. The predicted molar refractivity (Wildman–Crippen MR) is 133 cm³/mol. The molecule has 2 saturated heterocycles.